The number of hydrogen-bond donors (Lipinski definition) is 1. The normalized spacial score (nSPS) is 17.7. The van der Waals surface area contributed by atoms with E-state index in [0.29, 0.717) is 23.5 Å². The molecule has 1 aromatic rings. The lowest BCUT2D eigenvalue weighted by Crippen LogP contribution is -2.37. The van der Waals surface area contributed by atoms with Crippen molar-refractivity contribution in [3.05, 3.63) is 16.6 Å². The maximum absolute atomic E-state index is 11.6. The van der Waals surface area contributed by atoms with Crippen LogP contribution in [-0.4, -0.2) is 22.7 Å². The van der Waals surface area contributed by atoms with Crippen LogP contribution in [0.25, 0.3) is 0 Å². The van der Waals surface area contributed by atoms with E-state index in [4.69, 9.17) is 0 Å². The van der Waals surface area contributed by atoms with Crippen molar-refractivity contribution in [1.29, 1.82) is 0 Å². The second kappa shape index (κ2) is 4.53. The number of carbonyl (C=O) groups excluding carboxylic acids is 2. The van der Waals surface area contributed by atoms with Gasteiger partial charge in [0.2, 0.25) is 0 Å². The van der Waals surface area contributed by atoms with Crippen LogP contribution in [0.3, 0.4) is 0 Å². The minimum Gasteiger partial charge on any atom is -0.349 e. The second-order valence-corrected chi connectivity index (χ2v) is 4.54. The van der Waals surface area contributed by atoms with Crippen molar-refractivity contribution in [3.8, 4) is 0 Å². The Morgan fingerprint density at radius 2 is 2.20 bits per heavy atom. The lowest BCUT2D eigenvalue weighted by Gasteiger charge is -2.21. The largest absolute Gasteiger partial charge is 0.349 e. The molecule has 5 heteroatoms. The van der Waals surface area contributed by atoms with Gasteiger partial charge in [-0.3, -0.25) is 14.6 Å². The van der Waals surface area contributed by atoms with Crippen LogP contribution >= 0.6 is 11.3 Å². The number of aromatic nitrogens is 1. The summed E-state index contributed by atoms with van der Waals surface area (Å²) in [5.74, 6) is 0.232. The third-order valence-corrected chi connectivity index (χ3v) is 3.31. The molecule has 0 spiro atoms. The Morgan fingerprint density at radius 3 is 2.80 bits per heavy atom. The highest BCUT2D eigenvalue weighted by molar-refractivity contribution is 7.11. The lowest BCUT2D eigenvalue weighted by molar-refractivity contribution is -0.120. The Bertz CT molecular complexity index is 352. The average Bonchev–Trinajstić information content (AvgIpc) is 2.74. The topological polar surface area (TPSA) is 59.1 Å². The number of rotatable bonds is 2. The maximum atomic E-state index is 11.6. The van der Waals surface area contributed by atoms with Crippen LogP contribution in [0, 0.1) is 0 Å². The number of carbonyl (C=O) groups is 2. The number of Topliss-reactive ketones (excluding diaryl/α,β-unsaturated/α-hetero) is 1. The van der Waals surface area contributed by atoms with E-state index in [1.807, 2.05) is 0 Å². The molecule has 0 unspecified atom stereocenters. The smallest absolute Gasteiger partial charge is 0.263 e. The van der Waals surface area contributed by atoms with Crippen molar-refractivity contribution in [2.24, 2.45) is 0 Å². The number of nitrogens with zero attached hydrogens (tertiary/aromatic N) is 1. The predicted molar refractivity (Wildman–Crippen MR) is 56.8 cm³/mol. The van der Waals surface area contributed by atoms with Gasteiger partial charge in [0, 0.05) is 18.9 Å². The summed E-state index contributed by atoms with van der Waals surface area (Å²) in [6, 6.07) is 0.150. The summed E-state index contributed by atoms with van der Waals surface area (Å²) in [5, 5.41) is 2.92. The molecule has 0 bridgehead atoms. The Balaban J connectivity index is 1.87. The molecule has 1 aliphatic carbocycles. The van der Waals surface area contributed by atoms with Gasteiger partial charge in [0.25, 0.3) is 5.91 Å². The first-order valence-electron chi connectivity index (χ1n) is 4.97. The zero-order valence-corrected chi connectivity index (χ0v) is 9.05. The molecule has 80 valence electrons. The van der Waals surface area contributed by atoms with E-state index in [2.05, 4.69) is 10.3 Å². The minimum atomic E-state index is -0.0724. The van der Waals surface area contributed by atoms with Crippen LogP contribution in [0.15, 0.2) is 11.7 Å². The molecule has 1 fully saturated rings. The third kappa shape index (κ3) is 2.62. The summed E-state index contributed by atoms with van der Waals surface area (Å²) < 4.78 is 0. The Labute approximate surface area is 91.7 Å². The third-order valence-electron chi connectivity index (χ3n) is 2.53. The molecule has 1 heterocycles. The first-order valence-corrected chi connectivity index (χ1v) is 5.85. The Hall–Kier alpha value is -1.23. The van der Waals surface area contributed by atoms with Crippen molar-refractivity contribution in [3.63, 3.8) is 0 Å². The SMILES string of the molecule is O=C1CCC(NC(=O)c2cncs2)CC1. The summed E-state index contributed by atoms with van der Waals surface area (Å²) >= 11 is 1.33. The van der Waals surface area contributed by atoms with Gasteiger partial charge in [-0.05, 0) is 12.8 Å². The molecule has 0 radical (unpaired) electrons. The van der Waals surface area contributed by atoms with E-state index < -0.39 is 0 Å². The fourth-order valence-electron chi connectivity index (χ4n) is 1.67. The van der Waals surface area contributed by atoms with Gasteiger partial charge in [-0.25, -0.2) is 0 Å². The molecule has 1 saturated carbocycles. The Kier molecular flexibility index (Phi) is 3.11. The summed E-state index contributed by atoms with van der Waals surface area (Å²) in [4.78, 5) is 27.1. The molecule has 1 N–H and O–H groups in total. The van der Waals surface area contributed by atoms with Crippen molar-refractivity contribution in [1.82, 2.24) is 10.3 Å². The zero-order chi connectivity index (χ0) is 10.7. The van der Waals surface area contributed by atoms with Crippen LogP contribution in [0.2, 0.25) is 0 Å². The van der Waals surface area contributed by atoms with Crippen LogP contribution in [-0.2, 0) is 4.79 Å². The van der Waals surface area contributed by atoms with Crippen LogP contribution in [0.1, 0.15) is 35.4 Å². The molecular formula is C10H12N2O2S. The first kappa shape index (κ1) is 10.3. The monoisotopic (exact) mass is 224 g/mol. The second-order valence-electron chi connectivity index (χ2n) is 3.65. The fourth-order valence-corrected chi connectivity index (χ4v) is 2.19. The van der Waals surface area contributed by atoms with Crippen molar-refractivity contribution in [2.75, 3.05) is 0 Å². The summed E-state index contributed by atoms with van der Waals surface area (Å²) in [5.41, 5.74) is 1.64. The molecule has 1 aromatic heterocycles. The quantitative estimate of drug-likeness (QED) is 0.825. The molecule has 0 saturated heterocycles. The number of hydrogen-bond acceptors (Lipinski definition) is 4. The zero-order valence-electron chi connectivity index (χ0n) is 8.23. The van der Waals surface area contributed by atoms with E-state index in [1.54, 1.807) is 11.7 Å². The standard InChI is InChI=1S/C10H12N2O2S/c13-8-3-1-7(2-4-8)12-10(14)9-5-11-6-15-9/h5-7H,1-4H2,(H,12,14). The van der Waals surface area contributed by atoms with Gasteiger partial charge in [0.05, 0.1) is 11.7 Å². The highest BCUT2D eigenvalue weighted by atomic mass is 32.1. The molecule has 0 atom stereocenters. The van der Waals surface area contributed by atoms with E-state index in [1.165, 1.54) is 11.3 Å². The van der Waals surface area contributed by atoms with Gasteiger partial charge in [-0.1, -0.05) is 0 Å². The summed E-state index contributed by atoms with van der Waals surface area (Å²) in [6.45, 7) is 0. The van der Waals surface area contributed by atoms with Crippen LogP contribution < -0.4 is 5.32 Å². The highest BCUT2D eigenvalue weighted by Crippen LogP contribution is 2.15. The van der Waals surface area contributed by atoms with Gasteiger partial charge in [0.15, 0.2) is 0 Å². The number of amides is 1. The van der Waals surface area contributed by atoms with Gasteiger partial charge >= 0.3 is 0 Å². The molecule has 2 rings (SSSR count). The molecule has 1 aliphatic rings. The summed E-state index contributed by atoms with van der Waals surface area (Å²) in [7, 11) is 0. The first-order chi connectivity index (χ1) is 7.25. The highest BCUT2D eigenvalue weighted by Gasteiger charge is 2.20. The number of nitrogens with one attached hydrogen (secondary N) is 1. The van der Waals surface area contributed by atoms with Crippen molar-refractivity contribution < 1.29 is 9.59 Å². The van der Waals surface area contributed by atoms with E-state index in [-0.39, 0.29) is 11.9 Å². The van der Waals surface area contributed by atoms with Gasteiger partial charge in [-0.15, -0.1) is 11.3 Å². The summed E-state index contributed by atoms with van der Waals surface area (Å²) in [6.07, 6.45) is 4.28. The maximum Gasteiger partial charge on any atom is 0.263 e. The van der Waals surface area contributed by atoms with E-state index in [0.717, 1.165) is 12.8 Å². The minimum absolute atomic E-state index is 0.0724. The molecule has 0 aliphatic heterocycles. The molecule has 1 amide bonds. The van der Waals surface area contributed by atoms with Gasteiger partial charge in [0.1, 0.15) is 10.7 Å². The number of thiazole rings is 1. The van der Waals surface area contributed by atoms with Gasteiger partial charge in [-0.2, -0.15) is 0 Å². The molecular weight excluding hydrogens is 212 g/mol. The molecule has 4 nitrogen and oxygen atoms in total. The van der Waals surface area contributed by atoms with E-state index in [9.17, 15) is 9.59 Å². The molecule has 0 aromatic carbocycles. The Morgan fingerprint density at radius 1 is 1.47 bits per heavy atom. The average molecular weight is 224 g/mol. The van der Waals surface area contributed by atoms with Gasteiger partial charge < -0.3 is 5.32 Å². The van der Waals surface area contributed by atoms with Crippen LogP contribution in [0.4, 0.5) is 0 Å². The molecule has 15 heavy (non-hydrogen) atoms. The number of ketones is 1. The fraction of sp³-hybridized carbons (Fsp3) is 0.500. The van der Waals surface area contributed by atoms with E-state index >= 15 is 0 Å². The van der Waals surface area contributed by atoms with Crippen molar-refractivity contribution >= 4 is 23.0 Å². The predicted octanol–water partition coefficient (Wildman–Crippen LogP) is 1.38. The van der Waals surface area contributed by atoms with Crippen LogP contribution in [0.5, 0.6) is 0 Å². The van der Waals surface area contributed by atoms with Crippen molar-refractivity contribution in [2.45, 2.75) is 31.7 Å². The lowest BCUT2D eigenvalue weighted by atomic mass is 9.94.